The molecule has 0 aliphatic rings. The maximum absolute atomic E-state index is 11.5. The second-order valence-corrected chi connectivity index (χ2v) is 5.38. The first-order valence-electron chi connectivity index (χ1n) is 7.05. The van der Waals surface area contributed by atoms with Crippen molar-refractivity contribution in [1.29, 1.82) is 0 Å². The molecule has 1 aromatic carbocycles. The van der Waals surface area contributed by atoms with E-state index in [4.69, 9.17) is 0 Å². The Morgan fingerprint density at radius 3 is 2.06 bits per heavy atom. The molecule has 0 aliphatic heterocycles. The zero-order valence-electron chi connectivity index (χ0n) is 12.5. The van der Waals surface area contributed by atoms with Crippen LogP contribution in [0.5, 0.6) is 0 Å². The molecule has 0 bridgehead atoms. The third-order valence-corrected chi connectivity index (χ3v) is 3.93. The van der Waals surface area contributed by atoms with E-state index >= 15 is 0 Å². The van der Waals surface area contributed by atoms with Crippen LogP contribution in [0.2, 0.25) is 0 Å². The molecular weight excluding hydrogens is 220 g/mol. The number of Topliss-reactive ketones (excluding diaryl/α,β-unsaturated/α-hetero) is 1. The second-order valence-electron chi connectivity index (χ2n) is 5.38. The predicted octanol–water partition coefficient (Wildman–Crippen LogP) is 4.61. The first-order valence-corrected chi connectivity index (χ1v) is 7.05. The highest BCUT2D eigenvalue weighted by Crippen LogP contribution is 2.23. The Labute approximate surface area is 112 Å². The molecule has 1 nitrogen and oxygen atoms in total. The fourth-order valence-corrected chi connectivity index (χ4v) is 2.54. The number of hydrogen-bond acceptors (Lipinski definition) is 1. The fourth-order valence-electron chi connectivity index (χ4n) is 2.54. The number of hydrogen-bond donors (Lipinski definition) is 0. The largest absolute Gasteiger partial charge is 0.300 e. The molecule has 1 rings (SSSR count). The summed E-state index contributed by atoms with van der Waals surface area (Å²) in [7, 11) is 0. The van der Waals surface area contributed by atoms with Crippen LogP contribution in [0.15, 0.2) is 6.07 Å². The van der Waals surface area contributed by atoms with Gasteiger partial charge in [0.1, 0.15) is 5.78 Å². The van der Waals surface area contributed by atoms with Crippen molar-refractivity contribution in [3.8, 4) is 0 Å². The van der Waals surface area contributed by atoms with E-state index in [0.717, 1.165) is 32.1 Å². The summed E-state index contributed by atoms with van der Waals surface area (Å²) in [5.41, 5.74) is 7.00. The highest BCUT2D eigenvalue weighted by atomic mass is 16.1. The van der Waals surface area contributed by atoms with Gasteiger partial charge >= 0.3 is 0 Å². The fraction of sp³-hybridized carbons (Fsp3) is 0.588. The summed E-state index contributed by atoms with van der Waals surface area (Å²) in [5.74, 6) is 0.414. The summed E-state index contributed by atoms with van der Waals surface area (Å²) in [5, 5.41) is 0. The van der Waals surface area contributed by atoms with Crippen molar-refractivity contribution in [1.82, 2.24) is 0 Å². The lowest BCUT2D eigenvalue weighted by molar-refractivity contribution is -0.119. The molecule has 0 radical (unpaired) electrons. The van der Waals surface area contributed by atoms with Gasteiger partial charge in [0.2, 0.25) is 0 Å². The van der Waals surface area contributed by atoms with Crippen molar-refractivity contribution in [3.63, 3.8) is 0 Å². The average molecular weight is 246 g/mol. The molecule has 0 N–H and O–H groups in total. The molecule has 0 heterocycles. The van der Waals surface area contributed by atoms with Gasteiger partial charge in [0.15, 0.2) is 0 Å². The lowest BCUT2D eigenvalue weighted by Gasteiger charge is -2.15. The smallest absolute Gasteiger partial charge is 0.132 e. The van der Waals surface area contributed by atoms with Crippen molar-refractivity contribution in [2.24, 2.45) is 0 Å². The van der Waals surface area contributed by atoms with Gasteiger partial charge in [-0.15, -0.1) is 0 Å². The van der Waals surface area contributed by atoms with E-state index in [9.17, 15) is 4.79 Å². The highest BCUT2D eigenvalue weighted by molar-refractivity contribution is 5.78. The third-order valence-electron chi connectivity index (χ3n) is 3.93. The Kier molecular flexibility index (Phi) is 5.58. The standard InChI is InChI=1S/C17H26O/c1-6-8-16(18)9-7-10-17-14(4)12(2)11-13(3)15(17)5/h11H,6-10H2,1-5H3. The van der Waals surface area contributed by atoms with E-state index in [0.29, 0.717) is 5.78 Å². The number of carbonyl (C=O) groups excluding carboxylic acids is 1. The SMILES string of the molecule is CCCC(=O)CCCc1c(C)c(C)cc(C)c1C. The molecule has 0 aromatic heterocycles. The van der Waals surface area contributed by atoms with E-state index in [1.54, 1.807) is 0 Å². The van der Waals surface area contributed by atoms with Gasteiger partial charge in [-0.1, -0.05) is 13.0 Å². The summed E-state index contributed by atoms with van der Waals surface area (Å²) < 4.78 is 0. The Bertz CT molecular complexity index is 403. The zero-order valence-corrected chi connectivity index (χ0v) is 12.5. The average Bonchev–Trinajstić information content (AvgIpc) is 2.31. The molecule has 0 saturated heterocycles. The van der Waals surface area contributed by atoms with Gasteiger partial charge in [0.25, 0.3) is 0 Å². The summed E-state index contributed by atoms with van der Waals surface area (Å²) >= 11 is 0. The van der Waals surface area contributed by atoms with Crippen molar-refractivity contribution in [3.05, 3.63) is 33.9 Å². The van der Waals surface area contributed by atoms with Gasteiger partial charge in [-0.05, 0) is 74.8 Å². The van der Waals surface area contributed by atoms with Crippen LogP contribution in [0.4, 0.5) is 0 Å². The molecule has 0 fully saturated rings. The van der Waals surface area contributed by atoms with Crippen LogP contribution in [-0.2, 0) is 11.2 Å². The van der Waals surface area contributed by atoms with Crippen molar-refractivity contribution in [2.45, 2.75) is 66.7 Å². The molecule has 1 aromatic rings. The molecule has 0 spiro atoms. The predicted molar refractivity (Wildman–Crippen MR) is 78.2 cm³/mol. The van der Waals surface area contributed by atoms with Gasteiger partial charge < -0.3 is 0 Å². The monoisotopic (exact) mass is 246 g/mol. The van der Waals surface area contributed by atoms with Crippen LogP contribution < -0.4 is 0 Å². The lowest BCUT2D eigenvalue weighted by Crippen LogP contribution is -2.02. The molecule has 0 amide bonds. The van der Waals surface area contributed by atoms with Gasteiger partial charge in [-0.3, -0.25) is 4.79 Å². The summed E-state index contributed by atoms with van der Waals surface area (Å²) in [6.45, 7) is 10.8. The number of carbonyl (C=O) groups is 1. The maximum Gasteiger partial charge on any atom is 0.132 e. The Morgan fingerprint density at radius 2 is 1.56 bits per heavy atom. The van der Waals surface area contributed by atoms with E-state index < -0.39 is 0 Å². The Morgan fingerprint density at radius 1 is 1.00 bits per heavy atom. The molecule has 100 valence electrons. The normalized spacial score (nSPS) is 10.7. The molecule has 1 heteroatoms. The first-order chi connectivity index (χ1) is 8.47. The van der Waals surface area contributed by atoms with Crippen molar-refractivity contribution < 1.29 is 4.79 Å². The van der Waals surface area contributed by atoms with Crippen LogP contribution >= 0.6 is 0 Å². The van der Waals surface area contributed by atoms with Crippen LogP contribution in [0, 0.1) is 27.7 Å². The second kappa shape index (κ2) is 6.72. The quantitative estimate of drug-likeness (QED) is 0.716. The van der Waals surface area contributed by atoms with Crippen LogP contribution in [-0.4, -0.2) is 5.78 Å². The van der Waals surface area contributed by atoms with E-state index in [1.165, 1.54) is 27.8 Å². The zero-order chi connectivity index (χ0) is 13.7. The van der Waals surface area contributed by atoms with Crippen molar-refractivity contribution >= 4 is 5.78 Å². The van der Waals surface area contributed by atoms with Crippen LogP contribution in [0.25, 0.3) is 0 Å². The van der Waals surface area contributed by atoms with Crippen LogP contribution in [0.1, 0.15) is 60.4 Å². The Balaban J connectivity index is 2.70. The molecule has 0 aliphatic carbocycles. The highest BCUT2D eigenvalue weighted by Gasteiger charge is 2.09. The number of ketones is 1. The number of benzene rings is 1. The summed E-state index contributed by atoms with van der Waals surface area (Å²) in [6.07, 6.45) is 4.48. The first kappa shape index (κ1) is 14.9. The molecule has 0 unspecified atom stereocenters. The van der Waals surface area contributed by atoms with Crippen LogP contribution in [0.3, 0.4) is 0 Å². The van der Waals surface area contributed by atoms with Gasteiger partial charge in [-0.25, -0.2) is 0 Å². The Hall–Kier alpha value is -1.11. The molecule has 0 atom stereocenters. The van der Waals surface area contributed by atoms with E-state index in [1.807, 2.05) is 0 Å². The molecular formula is C17H26O. The molecule has 18 heavy (non-hydrogen) atoms. The molecule has 0 saturated carbocycles. The summed E-state index contributed by atoms with van der Waals surface area (Å²) in [4.78, 5) is 11.5. The summed E-state index contributed by atoms with van der Waals surface area (Å²) in [6, 6.07) is 2.26. The van der Waals surface area contributed by atoms with Crippen molar-refractivity contribution in [2.75, 3.05) is 0 Å². The number of rotatable bonds is 6. The minimum atomic E-state index is 0.414. The minimum absolute atomic E-state index is 0.414. The van der Waals surface area contributed by atoms with E-state index in [2.05, 4.69) is 40.7 Å². The topological polar surface area (TPSA) is 17.1 Å². The minimum Gasteiger partial charge on any atom is -0.300 e. The van der Waals surface area contributed by atoms with Gasteiger partial charge in [0, 0.05) is 12.8 Å². The lowest BCUT2D eigenvalue weighted by atomic mass is 9.91. The third kappa shape index (κ3) is 3.69. The number of aryl methyl sites for hydroxylation is 2. The maximum atomic E-state index is 11.5. The van der Waals surface area contributed by atoms with Gasteiger partial charge in [0.05, 0.1) is 0 Å². The van der Waals surface area contributed by atoms with E-state index in [-0.39, 0.29) is 0 Å². The van der Waals surface area contributed by atoms with Gasteiger partial charge in [-0.2, -0.15) is 0 Å².